The Morgan fingerprint density at radius 2 is 2.00 bits per heavy atom. The van der Waals surface area contributed by atoms with Crippen LogP contribution in [-0.2, 0) is 6.61 Å². The van der Waals surface area contributed by atoms with Crippen molar-refractivity contribution in [1.29, 1.82) is 0 Å². The molecule has 0 amide bonds. The molecule has 0 aliphatic carbocycles. The average molecular weight is 231 g/mol. The van der Waals surface area contributed by atoms with Gasteiger partial charge >= 0.3 is 0 Å². The van der Waals surface area contributed by atoms with Crippen molar-refractivity contribution in [1.82, 2.24) is 4.98 Å². The molecule has 0 atom stereocenters. The zero-order chi connectivity index (χ0) is 11.4. The minimum absolute atomic E-state index is 0.0440. The van der Waals surface area contributed by atoms with E-state index in [4.69, 9.17) is 5.11 Å². The van der Waals surface area contributed by atoms with E-state index in [1.54, 1.807) is 18.0 Å². The lowest BCUT2D eigenvalue weighted by Gasteiger charge is -2.04. The molecule has 2 nitrogen and oxygen atoms in total. The van der Waals surface area contributed by atoms with E-state index in [1.165, 1.54) is 10.5 Å². The number of hydrogen-bond donors (Lipinski definition) is 1. The van der Waals surface area contributed by atoms with Crippen LogP contribution in [0, 0.1) is 6.92 Å². The fourth-order valence-electron chi connectivity index (χ4n) is 1.35. The summed E-state index contributed by atoms with van der Waals surface area (Å²) in [5.74, 6) is 0. The highest BCUT2D eigenvalue weighted by atomic mass is 32.2. The third kappa shape index (κ3) is 2.62. The van der Waals surface area contributed by atoms with Gasteiger partial charge in [-0.1, -0.05) is 36.0 Å². The third-order valence-electron chi connectivity index (χ3n) is 2.29. The van der Waals surface area contributed by atoms with Crippen LogP contribution < -0.4 is 0 Å². The Morgan fingerprint density at radius 3 is 2.62 bits per heavy atom. The number of hydrogen-bond acceptors (Lipinski definition) is 3. The van der Waals surface area contributed by atoms with Crippen molar-refractivity contribution in [3.8, 4) is 0 Å². The second-order valence-corrected chi connectivity index (χ2v) is 4.59. The summed E-state index contributed by atoms with van der Waals surface area (Å²) in [5, 5.41) is 9.87. The Morgan fingerprint density at radius 1 is 1.19 bits per heavy atom. The zero-order valence-electron chi connectivity index (χ0n) is 9.05. The van der Waals surface area contributed by atoms with E-state index >= 15 is 0 Å². The molecular weight excluding hydrogens is 218 g/mol. The predicted octanol–water partition coefficient (Wildman–Crippen LogP) is 3.03. The lowest BCUT2D eigenvalue weighted by molar-refractivity contribution is 0.281. The number of pyridine rings is 1. The Balaban J connectivity index is 2.18. The Hall–Kier alpha value is -1.32. The van der Waals surface area contributed by atoms with Gasteiger partial charge < -0.3 is 5.11 Å². The van der Waals surface area contributed by atoms with Crippen LogP contribution in [0.1, 0.15) is 11.1 Å². The normalized spacial score (nSPS) is 10.4. The average Bonchev–Trinajstić information content (AvgIpc) is 2.33. The van der Waals surface area contributed by atoms with Crippen LogP contribution in [0.25, 0.3) is 0 Å². The van der Waals surface area contributed by atoms with Crippen LogP contribution in [0.15, 0.2) is 52.5 Å². The molecular formula is C13H13NOS. The molecule has 0 unspecified atom stereocenters. The van der Waals surface area contributed by atoms with Crippen molar-refractivity contribution in [2.45, 2.75) is 23.5 Å². The number of aliphatic hydroxyl groups excluding tert-OH is 1. The van der Waals surface area contributed by atoms with Crippen LogP contribution in [0.2, 0.25) is 0 Å². The molecule has 16 heavy (non-hydrogen) atoms. The van der Waals surface area contributed by atoms with Gasteiger partial charge in [0.25, 0.3) is 0 Å². The van der Waals surface area contributed by atoms with E-state index in [9.17, 15) is 0 Å². The third-order valence-corrected chi connectivity index (χ3v) is 3.42. The number of nitrogens with zero attached hydrogens (tertiary/aromatic N) is 1. The molecule has 2 aromatic rings. The Bertz CT molecular complexity index is 468. The van der Waals surface area contributed by atoms with Gasteiger partial charge in [-0.15, -0.1) is 0 Å². The second-order valence-electron chi connectivity index (χ2n) is 3.53. The van der Waals surface area contributed by atoms with Crippen molar-refractivity contribution >= 4 is 11.8 Å². The maximum absolute atomic E-state index is 8.92. The van der Waals surface area contributed by atoms with E-state index in [0.717, 1.165) is 10.6 Å². The molecule has 2 rings (SSSR count). The largest absolute Gasteiger partial charge is 0.392 e. The second kappa shape index (κ2) is 5.14. The van der Waals surface area contributed by atoms with Crippen molar-refractivity contribution < 1.29 is 5.11 Å². The molecule has 0 bridgehead atoms. The van der Waals surface area contributed by atoms with E-state index in [-0.39, 0.29) is 6.61 Å². The first-order valence-corrected chi connectivity index (χ1v) is 5.90. The fourth-order valence-corrected chi connectivity index (χ4v) is 2.19. The SMILES string of the molecule is Cc1ccccc1Sc1ccc(CO)cn1. The lowest BCUT2D eigenvalue weighted by Crippen LogP contribution is -1.86. The standard InChI is InChI=1S/C13H13NOS/c1-10-4-2-3-5-12(10)16-13-7-6-11(9-15)8-14-13/h2-8,15H,9H2,1H3. The highest BCUT2D eigenvalue weighted by Gasteiger charge is 2.01. The Kier molecular flexibility index (Phi) is 3.59. The minimum Gasteiger partial charge on any atom is -0.392 e. The summed E-state index contributed by atoms with van der Waals surface area (Å²) in [7, 11) is 0. The van der Waals surface area contributed by atoms with Crippen LogP contribution >= 0.6 is 11.8 Å². The van der Waals surface area contributed by atoms with Gasteiger partial charge in [-0.2, -0.15) is 0 Å². The maximum atomic E-state index is 8.92. The van der Waals surface area contributed by atoms with Gasteiger partial charge in [-0.25, -0.2) is 4.98 Å². The van der Waals surface area contributed by atoms with Gasteiger partial charge in [0, 0.05) is 11.1 Å². The van der Waals surface area contributed by atoms with E-state index in [1.807, 2.05) is 24.3 Å². The highest BCUT2D eigenvalue weighted by molar-refractivity contribution is 7.99. The van der Waals surface area contributed by atoms with Crippen LogP contribution in [0.5, 0.6) is 0 Å². The Labute approximate surface area is 99.4 Å². The highest BCUT2D eigenvalue weighted by Crippen LogP contribution is 2.28. The summed E-state index contributed by atoms with van der Waals surface area (Å²) in [5.41, 5.74) is 2.09. The number of aromatic nitrogens is 1. The van der Waals surface area contributed by atoms with Crippen molar-refractivity contribution in [2.75, 3.05) is 0 Å². The first kappa shape index (κ1) is 11.2. The summed E-state index contributed by atoms with van der Waals surface area (Å²) in [6, 6.07) is 12.1. The summed E-state index contributed by atoms with van der Waals surface area (Å²) < 4.78 is 0. The summed E-state index contributed by atoms with van der Waals surface area (Å²) >= 11 is 1.64. The van der Waals surface area contributed by atoms with Gasteiger partial charge in [0.2, 0.25) is 0 Å². The first-order chi connectivity index (χ1) is 7.79. The maximum Gasteiger partial charge on any atom is 0.101 e. The van der Waals surface area contributed by atoms with Crippen molar-refractivity contribution in [3.05, 3.63) is 53.7 Å². The molecule has 1 aromatic heterocycles. The number of benzene rings is 1. The topological polar surface area (TPSA) is 33.1 Å². The molecule has 1 N–H and O–H groups in total. The summed E-state index contributed by atoms with van der Waals surface area (Å²) in [6.07, 6.45) is 1.71. The van der Waals surface area contributed by atoms with Crippen LogP contribution in [-0.4, -0.2) is 10.1 Å². The molecule has 0 spiro atoms. The fraction of sp³-hybridized carbons (Fsp3) is 0.154. The quantitative estimate of drug-likeness (QED) is 0.881. The molecule has 0 aliphatic rings. The molecule has 1 heterocycles. The van der Waals surface area contributed by atoms with E-state index in [0.29, 0.717) is 0 Å². The monoisotopic (exact) mass is 231 g/mol. The van der Waals surface area contributed by atoms with Crippen LogP contribution in [0.3, 0.4) is 0 Å². The van der Waals surface area contributed by atoms with Crippen molar-refractivity contribution in [2.24, 2.45) is 0 Å². The summed E-state index contributed by atoms with van der Waals surface area (Å²) in [6.45, 7) is 2.13. The van der Waals surface area contributed by atoms with E-state index in [2.05, 4.69) is 24.0 Å². The molecule has 0 aliphatic heterocycles. The molecule has 0 radical (unpaired) electrons. The van der Waals surface area contributed by atoms with Gasteiger partial charge in [-0.05, 0) is 30.2 Å². The molecule has 0 saturated carbocycles. The van der Waals surface area contributed by atoms with Gasteiger partial charge in [0.05, 0.1) is 6.61 Å². The summed E-state index contributed by atoms with van der Waals surface area (Å²) in [4.78, 5) is 5.50. The van der Waals surface area contributed by atoms with Crippen LogP contribution in [0.4, 0.5) is 0 Å². The van der Waals surface area contributed by atoms with E-state index < -0.39 is 0 Å². The molecule has 3 heteroatoms. The van der Waals surface area contributed by atoms with Crippen molar-refractivity contribution in [3.63, 3.8) is 0 Å². The molecule has 0 saturated heterocycles. The van der Waals surface area contributed by atoms with Gasteiger partial charge in [0.15, 0.2) is 0 Å². The molecule has 1 aromatic carbocycles. The van der Waals surface area contributed by atoms with Gasteiger partial charge in [-0.3, -0.25) is 0 Å². The smallest absolute Gasteiger partial charge is 0.101 e. The molecule has 0 fully saturated rings. The predicted molar refractivity (Wildman–Crippen MR) is 65.5 cm³/mol. The first-order valence-electron chi connectivity index (χ1n) is 5.09. The number of aryl methyl sites for hydroxylation is 1. The lowest BCUT2D eigenvalue weighted by atomic mass is 10.2. The van der Waals surface area contributed by atoms with Gasteiger partial charge in [0.1, 0.15) is 5.03 Å². The molecule has 82 valence electrons. The minimum atomic E-state index is 0.0440. The number of rotatable bonds is 3. The zero-order valence-corrected chi connectivity index (χ0v) is 9.87. The number of aliphatic hydroxyl groups is 1.